The second kappa shape index (κ2) is 7.23. The van der Waals surface area contributed by atoms with Crippen LogP contribution in [0.25, 0.3) is 22.0 Å². The van der Waals surface area contributed by atoms with Gasteiger partial charge in [0.2, 0.25) is 0 Å². The Kier molecular flexibility index (Phi) is 4.62. The Labute approximate surface area is 174 Å². The van der Waals surface area contributed by atoms with Crippen molar-refractivity contribution in [2.75, 3.05) is 23.4 Å². The molecule has 1 atom stereocenters. The Balaban J connectivity index is 1.71. The molecule has 1 fully saturated rings. The van der Waals surface area contributed by atoms with Crippen LogP contribution in [0, 0.1) is 0 Å². The number of halogens is 4. The number of anilines is 2. The molecule has 3 aromatic rings. The first-order chi connectivity index (χ1) is 14.8. The number of nitrogens with one attached hydrogen (secondary N) is 2. The lowest BCUT2D eigenvalue weighted by atomic mass is 10.0. The maximum Gasteiger partial charge on any atom is 0.406 e. The van der Waals surface area contributed by atoms with Gasteiger partial charge < -0.3 is 10.3 Å². The van der Waals surface area contributed by atoms with Gasteiger partial charge in [0.25, 0.3) is 5.56 Å². The average molecular weight is 433 g/mol. The zero-order valence-corrected chi connectivity index (χ0v) is 16.3. The van der Waals surface area contributed by atoms with Gasteiger partial charge in [-0.3, -0.25) is 9.36 Å². The minimum absolute atomic E-state index is 0.149. The van der Waals surface area contributed by atoms with E-state index >= 15 is 0 Å². The SMILES string of the molecule is O=c1c2c(c3ccc(-c4cccnc4N4CCC(F)C4)cc3n1CC(F)(F)F)NNC2. The summed E-state index contributed by atoms with van der Waals surface area (Å²) >= 11 is 0. The van der Waals surface area contributed by atoms with Crippen LogP contribution in [0.4, 0.5) is 29.1 Å². The van der Waals surface area contributed by atoms with E-state index in [9.17, 15) is 22.4 Å². The fraction of sp³-hybridized carbons (Fsp3) is 0.333. The summed E-state index contributed by atoms with van der Waals surface area (Å²) in [5.74, 6) is 0.577. The molecule has 0 aliphatic carbocycles. The molecule has 4 heterocycles. The minimum Gasteiger partial charge on any atom is -0.353 e. The Hall–Kier alpha value is -3.14. The molecule has 2 N–H and O–H groups in total. The Morgan fingerprint density at radius 1 is 1.23 bits per heavy atom. The molecular formula is C21H19F4N5O. The number of hydrazine groups is 1. The molecule has 162 valence electrons. The smallest absolute Gasteiger partial charge is 0.353 e. The lowest BCUT2D eigenvalue weighted by molar-refractivity contribution is -0.140. The Morgan fingerprint density at radius 2 is 2.06 bits per heavy atom. The molecule has 10 heteroatoms. The summed E-state index contributed by atoms with van der Waals surface area (Å²) in [6.45, 7) is -0.495. The van der Waals surface area contributed by atoms with Crippen LogP contribution in [0.1, 0.15) is 12.0 Å². The topological polar surface area (TPSA) is 62.2 Å². The lowest BCUT2D eigenvalue weighted by Gasteiger charge is -2.21. The molecule has 1 aromatic carbocycles. The molecule has 0 bridgehead atoms. The Bertz CT molecular complexity index is 1220. The highest BCUT2D eigenvalue weighted by molar-refractivity contribution is 5.97. The average Bonchev–Trinajstić information content (AvgIpc) is 3.39. The van der Waals surface area contributed by atoms with E-state index in [1.54, 1.807) is 36.5 Å². The standard InChI is InChI=1S/C21H19F4N5O/c22-13-5-7-29(10-13)19-14(2-1-6-26-19)12-3-4-15-17(8-12)30(11-21(23,24)25)20(31)16-9-27-28-18(15)16/h1-4,6,8,13,27-28H,5,7,9-11H2. The number of nitrogens with zero attached hydrogens (tertiary/aromatic N) is 3. The van der Waals surface area contributed by atoms with Crippen LogP contribution in [0.2, 0.25) is 0 Å². The first-order valence-corrected chi connectivity index (χ1v) is 9.91. The fourth-order valence-corrected chi connectivity index (χ4v) is 4.32. The molecule has 31 heavy (non-hydrogen) atoms. The van der Waals surface area contributed by atoms with Crippen LogP contribution in [-0.2, 0) is 13.1 Å². The molecule has 0 amide bonds. The van der Waals surface area contributed by atoms with E-state index in [-0.39, 0.29) is 24.2 Å². The van der Waals surface area contributed by atoms with Crippen molar-refractivity contribution < 1.29 is 17.6 Å². The van der Waals surface area contributed by atoms with Gasteiger partial charge in [-0.1, -0.05) is 12.1 Å². The summed E-state index contributed by atoms with van der Waals surface area (Å²) in [7, 11) is 0. The first kappa shape index (κ1) is 19.8. The number of aromatic nitrogens is 2. The third-order valence-corrected chi connectivity index (χ3v) is 5.71. The molecular weight excluding hydrogens is 414 g/mol. The van der Waals surface area contributed by atoms with Crippen molar-refractivity contribution in [3.05, 3.63) is 52.4 Å². The quantitative estimate of drug-likeness (QED) is 0.618. The first-order valence-electron chi connectivity index (χ1n) is 9.91. The number of benzene rings is 1. The monoisotopic (exact) mass is 433 g/mol. The summed E-state index contributed by atoms with van der Waals surface area (Å²) in [5.41, 5.74) is 7.25. The highest BCUT2D eigenvalue weighted by atomic mass is 19.4. The lowest BCUT2D eigenvalue weighted by Crippen LogP contribution is -2.30. The predicted octanol–water partition coefficient (Wildman–Crippen LogP) is 3.60. The summed E-state index contributed by atoms with van der Waals surface area (Å²) in [4.78, 5) is 19.1. The van der Waals surface area contributed by atoms with Crippen molar-refractivity contribution in [1.29, 1.82) is 0 Å². The second-order valence-corrected chi connectivity index (χ2v) is 7.78. The fourth-order valence-electron chi connectivity index (χ4n) is 4.32. The maximum atomic E-state index is 13.8. The van der Waals surface area contributed by atoms with Gasteiger partial charge in [0.15, 0.2) is 0 Å². The molecule has 6 nitrogen and oxygen atoms in total. The van der Waals surface area contributed by atoms with Crippen LogP contribution >= 0.6 is 0 Å². The van der Waals surface area contributed by atoms with Crippen LogP contribution < -0.4 is 21.3 Å². The van der Waals surface area contributed by atoms with Gasteiger partial charge in [-0.15, -0.1) is 0 Å². The predicted molar refractivity (Wildman–Crippen MR) is 110 cm³/mol. The van der Waals surface area contributed by atoms with E-state index in [0.717, 1.165) is 4.57 Å². The Morgan fingerprint density at radius 3 is 2.81 bits per heavy atom. The van der Waals surface area contributed by atoms with Crippen molar-refractivity contribution in [1.82, 2.24) is 15.0 Å². The molecule has 1 unspecified atom stereocenters. The van der Waals surface area contributed by atoms with Crippen molar-refractivity contribution in [3.8, 4) is 11.1 Å². The number of fused-ring (bicyclic) bond motifs is 3. The van der Waals surface area contributed by atoms with Gasteiger partial charge in [-0.2, -0.15) is 13.2 Å². The van der Waals surface area contributed by atoms with Crippen LogP contribution in [0.15, 0.2) is 41.3 Å². The molecule has 1 saturated heterocycles. The molecule has 0 spiro atoms. The van der Waals surface area contributed by atoms with E-state index in [2.05, 4.69) is 15.8 Å². The number of rotatable bonds is 3. The molecule has 2 aliphatic rings. The number of hydrogen-bond donors (Lipinski definition) is 2. The summed E-state index contributed by atoms with van der Waals surface area (Å²) < 4.78 is 54.4. The molecule has 0 saturated carbocycles. The van der Waals surface area contributed by atoms with E-state index in [1.807, 2.05) is 4.90 Å². The van der Waals surface area contributed by atoms with Crippen LogP contribution in [0.5, 0.6) is 0 Å². The van der Waals surface area contributed by atoms with Crippen LogP contribution in [0.3, 0.4) is 0 Å². The third kappa shape index (κ3) is 3.50. The highest BCUT2D eigenvalue weighted by Gasteiger charge is 2.32. The molecule has 2 aromatic heterocycles. The zero-order valence-electron chi connectivity index (χ0n) is 16.3. The van der Waals surface area contributed by atoms with Gasteiger partial charge >= 0.3 is 6.18 Å². The molecule has 0 radical (unpaired) electrons. The van der Waals surface area contributed by atoms with Crippen LogP contribution in [-0.4, -0.2) is 35.0 Å². The highest BCUT2D eigenvalue weighted by Crippen LogP contribution is 2.36. The van der Waals surface area contributed by atoms with Gasteiger partial charge in [-0.05, 0) is 30.2 Å². The summed E-state index contributed by atoms with van der Waals surface area (Å²) in [6.07, 6.45) is -3.48. The summed E-state index contributed by atoms with van der Waals surface area (Å²) in [6, 6.07) is 8.59. The van der Waals surface area contributed by atoms with Crippen molar-refractivity contribution in [3.63, 3.8) is 0 Å². The second-order valence-electron chi connectivity index (χ2n) is 7.78. The van der Waals surface area contributed by atoms with Gasteiger partial charge in [0, 0.05) is 30.2 Å². The van der Waals surface area contributed by atoms with E-state index < -0.39 is 24.5 Å². The largest absolute Gasteiger partial charge is 0.406 e. The zero-order chi connectivity index (χ0) is 21.8. The molecule has 2 aliphatic heterocycles. The van der Waals surface area contributed by atoms with E-state index in [1.165, 1.54) is 0 Å². The third-order valence-electron chi connectivity index (χ3n) is 5.71. The van der Waals surface area contributed by atoms with Gasteiger partial charge in [0.1, 0.15) is 18.5 Å². The minimum atomic E-state index is -4.55. The molecule has 5 rings (SSSR count). The number of alkyl halides is 4. The van der Waals surface area contributed by atoms with Gasteiger partial charge in [0.05, 0.1) is 23.3 Å². The van der Waals surface area contributed by atoms with E-state index in [4.69, 9.17) is 0 Å². The van der Waals surface area contributed by atoms with Gasteiger partial charge in [-0.25, -0.2) is 14.8 Å². The van der Waals surface area contributed by atoms with Crippen molar-refractivity contribution in [2.24, 2.45) is 0 Å². The number of pyridine rings is 2. The van der Waals surface area contributed by atoms with Crippen molar-refractivity contribution in [2.45, 2.75) is 31.9 Å². The normalized spacial score (nSPS) is 18.5. The van der Waals surface area contributed by atoms with E-state index in [0.29, 0.717) is 41.0 Å². The van der Waals surface area contributed by atoms with Crippen molar-refractivity contribution >= 4 is 22.4 Å². The maximum absolute atomic E-state index is 13.8. The number of hydrogen-bond acceptors (Lipinski definition) is 5. The summed E-state index contributed by atoms with van der Waals surface area (Å²) in [5, 5.41) is 0.517.